The lowest BCUT2D eigenvalue weighted by molar-refractivity contribution is 0.814. The SMILES string of the molecule is C=CC.CC.Cc1nc(N)nn1-c1ccccn1. The summed E-state index contributed by atoms with van der Waals surface area (Å²) in [4.78, 5) is 8.11. The summed E-state index contributed by atoms with van der Waals surface area (Å²) >= 11 is 0. The Hall–Kier alpha value is -2.17. The molecular weight excluding hydrogens is 226 g/mol. The molecule has 0 spiro atoms. The second kappa shape index (κ2) is 8.92. The van der Waals surface area contributed by atoms with E-state index in [0.29, 0.717) is 0 Å². The smallest absolute Gasteiger partial charge is 0.240 e. The second-order valence-corrected chi connectivity index (χ2v) is 3.03. The van der Waals surface area contributed by atoms with E-state index in [1.165, 1.54) is 0 Å². The maximum absolute atomic E-state index is 5.45. The number of aryl methyl sites for hydroxylation is 1. The molecule has 18 heavy (non-hydrogen) atoms. The van der Waals surface area contributed by atoms with Gasteiger partial charge in [-0.3, -0.25) is 0 Å². The highest BCUT2D eigenvalue weighted by molar-refractivity contribution is 5.25. The Bertz CT molecular complexity index is 448. The van der Waals surface area contributed by atoms with Crippen molar-refractivity contribution in [1.82, 2.24) is 19.7 Å². The van der Waals surface area contributed by atoms with Crippen molar-refractivity contribution in [3.05, 3.63) is 42.9 Å². The summed E-state index contributed by atoms with van der Waals surface area (Å²) in [6.45, 7) is 11.1. The Kier molecular flexibility index (Phi) is 7.85. The van der Waals surface area contributed by atoms with Crippen LogP contribution in [0.1, 0.15) is 26.6 Å². The van der Waals surface area contributed by atoms with E-state index in [-0.39, 0.29) is 5.95 Å². The maximum Gasteiger partial charge on any atom is 0.240 e. The Morgan fingerprint density at radius 2 is 1.94 bits per heavy atom. The van der Waals surface area contributed by atoms with Gasteiger partial charge in [0.15, 0.2) is 5.82 Å². The Labute approximate surface area is 108 Å². The summed E-state index contributed by atoms with van der Waals surface area (Å²) < 4.78 is 1.61. The number of anilines is 1. The number of pyridine rings is 1. The minimum absolute atomic E-state index is 0.267. The molecule has 5 nitrogen and oxygen atoms in total. The predicted octanol–water partition coefficient (Wildman–Crippen LogP) is 2.77. The van der Waals surface area contributed by atoms with Crippen LogP contribution in [0.4, 0.5) is 5.95 Å². The number of nitrogen functional groups attached to an aromatic ring is 1. The van der Waals surface area contributed by atoms with Crippen LogP contribution in [0.25, 0.3) is 5.82 Å². The van der Waals surface area contributed by atoms with Gasteiger partial charge in [0.05, 0.1) is 0 Å². The molecule has 0 aliphatic heterocycles. The molecule has 2 N–H and O–H groups in total. The normalized spacial score (nSPS) is 8.44. The molecule has 0 aliphatic rings. The number of rotatable bonds is 1. The van der Waals surface area contributed by atoms with Crippen LogP contribution in [-0.4, -0.2) is 19.7 Å². The molecule has 2 rings (SSSR count). The summed E-state index contributed by atoms with van der Waals surface area (Å²) in [5, 5.41) is 4.00. The summed E-state index contributed by atoms with van der Waals surface area (Å²) in [5.41, 5.74) is 5.45. The molecule has 0 saturated carbocycles. The lowest BCUT2D eigenvalue weighted by atomic mass is 10.4. The fraction of sp³-hybridized carbons (Fsp3) is 0.308. The van der Waals surface area contributed by atoms with Crippen LogP contribution < -0.4 is 5.73 Å². The van der Waals surface area contributed by atoms with Crippen LogP contribution in [0.15, 0.2) is 37.1 Å². The molecule has 0 radical (unpaired) electrons. The molecule has 0 fully saturated rings. The quantitative estimate of drug-likeness (QED) is 0.787. The monoisotopic (exact) mass is 247 g/mol. The van der Waals surface area contributed by atoms with Crippen LogP contribution in [-0.2, 0) is 0 Å². The molecule has 0 atom stereocenters. The first-order valence-electron chi connectivity index (χ1n) is 5.86. The Morgan fingerprint density at radius 3 is 2.33 bits per heavy atom. The van der Waals surface area contributed by atoms with Crippen molar-refractivity contribution >= 4 is 5.95 Å². The van der Waals surface area contributed by atoms with Gasteiger partial charge in [-0.05, 0) is 26.0 Å². The summed E-state index contributed by atoms with van der Waals surface area (Å²) in [7, 11) is 0. The molecule has 0 unspecified atom stereocenters. The Balaban J connectivity index is 0.000000509. The third-order valence-electron chi connectivity index (χ3n) is 1.65. The van der Waals surface area contributed by atoms with Crippen molar-refractivity contribution in [2.24, 2.45) is 0 Å². The van der Waals surface area contributed by atoms with Crippen LogP contribution in [0.2, 0.25) is 0 Å². The average Bonchev–Trinajstić information content (AvgIpc) is 2.73. The highest BCUT2D eigenvalue weighted by Gasteiger charge is 2.04. The molecule has 2 aromatic rings. The maximum atomic E-state index is 5.45. The van der Waals surface area contributed by atoms with E-state index in [9.17, 15) is 0 Å². The third-order valence-corrected chi connectivity index (χ3v) is 1.65. The van der Waals surface area contributed by atoms with E-state index < -0.39 is 0 Å². The summed E-state index contributed by atoms with van der Waals surface area (Å²) in [6.07, 6.45) is 3.45. The van der Waals surface area contributed by atoms with E-state index in [2.05, 4.69) is 21.6 Å². The minimum Gasteiger partial charge on any atom is -0.366 e. The highest BCUT2D eigenvalue weighted by Crippen LogP contribution is 2.05. The molecule has 5 heteroatoms. The molecule has 98 valence electrons. The first-order chi connectivity index (χ1) is 8.69. The van der Waals surface area contributed by atoms with Gasteiger partial charge in [0.25, 0.3) is 0 Å². The van der Waals surface area contributed by atoms with E-state index in [1.807, 2.05) is 45.9 Å². The van der Waals surface area contributed by atoms with Crippen molar-refractivity contribution < 1.29 is 0 Å². The fourth-order valence-electron chi connectivity index (χ4n) is 1.11. The number of aromatic nitrogens is 4. The molecule has 0 amide bonds. The number of hydrogen-bond acceptors (Lipinski definition) is 4. The van der Waals surface area contributed by atoms with E-state index in [1.54, 1.807) is 17.0 Å². The van der Waals surface area contributed by atoms with Gasteiger partial charge in [-0.1, -0.05) is 26.0 Å². The minimum atomic E-state index is 0.267. The number of nitrogens with zero attached hydrogens (tertiary/aromatic N) is 4. The largest absolute Gasteiger partial charge is 0.366 e. The van der Waals surface area contributed by atoms with E-state index in [0.717, 1.165) is 11.6 Å². The average molecular weight is 247 g/mol. The molecule has 0 saturated heterocycles. The van der Waals surface area contributed by atoms with Gasteiger partial charge >= 0.3 is 0 Å². The Morgan fingerprint density at radius 1 is 1.33 bits per heavy atom. The van der Waals surface area contributed by atoms with Crippen molar-refractivity contribution in [3.8, 4) is 5.82 Å². The number of nitrogens with two attached hydrogens (primary N) is 1. The molecule has 0 aromatic carbocycles. The number of hydrogen-bond donors (Lipinski definition) is 1. The van der Waals surface area contributed by atoms with Crippen LogP contribution in [0.3, 0.4) is 0 Å². The lowest BCUT2D eigenvalue weighted by Crippen LogP contribution is -2.01. The first kappa shape index (κ1) is 15.8. The van der Waals surface area contributed by atoms with Gasteiger partial charge in [-0.25, -0.2) is 4.98 Å². The van der Waals surface area contributed by atoms with Crippen LogP contribution >= 0.6 is 0 Å². The summed E-state index contributed by atoms with van der Waals surface area (Å²) in [5.74, 6) is 1.73. The van der Waals surface area contributed by atoms with Crippen molar-refractivity contribution in [1.29, 1.82) is 0 Å². The molecule has 0 bridgehead atoms. The zero-order valence-electron chi connectivity index (χ0n) is 11.5. The van der Waals surface area contributed by atoms with Crippen molar-refractivity contribution in [2.75, 3.05) is 5.73 Å². The molecule has 2 heterocycles. The second-order valence-electron chi connectivity index (χ2n) is 3.03. The molecule has 2 aromatic heterocycles. The van der Waals surface area contributed by atoms with E-state index >= 15 is 0 Å². The van der Waals surface area contributed by atoms with Crippen molar-refractivity contribution in [2.45, 2.75) is 27.7 Å². The van der Waals surface area contributed by atoms with E-state index in [4.69, 9.17) is 5.73 Å². The van der Waals surface area contributed by atoms with Gasteiger partial charge in [0.1, 0.15) is 5.82 Å². The lowest BCUT2D eigenvalue weighted by Gasteiger charge is -1.98. The third kappa shape index (κ3) is 4.78. The zero-order chi connectivity index (χ0) is 14.0. The van der Waals surface area contributed by atoms with Gasteiger partial charge in [-0.15, -0.1) is 11.7 Å². The molecule has 0 aliphatic carbocycles. The zero-order valence-corrected chi connectivity index (χ0v) is 11.5. The topological polar surface area (TPSA) is 69.6 Å². The first-order valence-corrected chi connectivity index (χ1v) is 5.86. The standard InChI is InChI=1S/C8H9N5.C3H6.C2H6/c1-6-11-8(9)12-13(6)7-4-2-3-5-10-7;1-3-2;1-2/h2-5H,1H3,(H2,9,12);3H,1H2,2H3;1-2H3. The van der Waals surface area contributed by atoms with Crippen LogP contribution in [0.5, 0.6) is 0 Å². The van der Waals surface area contributed by atoms with Crippen molar-refractivity contribution in [3.63, 3.8) is 0 Å². The summed E-state index contributed by atoms with van der Waals surface area (Å²) in [6, 6.07) is 5.58. The van der Waals surface area contributed by atoms with Gasteiger partial charge in [0.2, 0.25) is 5.95 Å². The van der Waals surface area contributed by atoms with Crippen LogP contribution in [0, 0.1) is 6.92 Å². The predicted molar refractivity (Wildman–Crippen MR) is 75.5 cm³/mol. The molecular formula is C13H21N5. The van der Waals surface area contributed by atoms with Gasteiger partial charge in [-0.2, -0.15) is 9.67 Å². The van der Waals surface area contributed by atoms with Gasteiger partial charge < -0.3 is 5.73 Å². The highest BCUT2D eigenvalue weighted by atomic mass is 15.4. The van der Waals surface area contributed by atoms with Gasteiger partial charge in [0, 0.05) is 6.20 Å². The fourth-order valence-corrected chi connectivity index (χ4v) is 1.11. The number of allylic oxidation sites excluding steroid dienone is 1.